The Bertz CT molecular complexity index is 1010. The average molecular weight is 371 g/mol. The fraction of sp³-hybridized carbons (Fsp3) is 0.211. The van der Waals surface area contributed by atoms with Gasteiger partial charge in [0.2, 0.25) is 15.9 Å². The number of primary sulfonamides is 1. The van der Waals surface area contributed by atoms with Gasteiger partial charge in [0, 0.05) is 31.2 Å². The summed E-state index contributed by atoms with van der Waals surface area (Å²) >= 11 is 0. The quantitative estimate of drug-likeness (QED) is 0.665. The Labute approximate surface area is 152 Å². The van der Waals surface area contributed by atoms with E-state index >= 15 is 0 Å². The van der Waals surface area contributed by atoms with Crippen molar-refractivity contribution in [3.63, 3.8) is 0 Å². The van der Waals surface area contributed by atoms with Crippen molar-refractivity contribution in [2.75, 3.05) is 6.54 Å². The topological polar surface area (TPSA) is 94.2 Å². The summed E-state index contributed by atoms with van der Waals surface area (Å²) in [5.74, 6) is -0.0102. The average Bonchev–Trinajstić information content (AvgIpc) is 3.03. The van der Waals surface area contributed by atoms with Gasteiger partial charge in [-0.3, -0.25) is 4.79 Å². The molecule has 7 heteroatoms. The Morgan fingerprint density at radius 3 is 2.50 bits per heavy atom. The molecule has 0 saturated heterocycles. The number of aromatic nitrogens is 1. The molecular weight excluding hydrogens is 350 g/mol. The standard InChI is InChI=1S/C19H21N3O3S/c20-26(24,25)17-7-5-15(6-8-17)9-12-21-19(23)11-14-22-13-10-16-3-1-2-4-18(16)22/h1-8,10,13H,9,11-12,14H2,(H,21,23)(H2,20,24,25). The van der Waals surface area contributed by atoms with Crippen LogP contribution in [0.5, 0.6) is 0 Å². The molecule has 0 atom stereocenters. The monoisotopic (exact) mass is 371 g/mol. The fourth-order valence-corrected chi connectivity index (χ4v) is 3.35. The summed E-state index contributed by atoms with van der Waals surface area (Å²) in [6.07, 6.45) is 3.02. The third kappa shape index (κ3) is 4.50. The van der Waals surface area contributed by atoms with Gasteiger partial charge in [-0.2, -0.15) is 0 Å². The summed E-state index contributed by atoms with van der Waals surface area (Å²) in [7, 11) is -3.67. The number of nitrogens with two attached hydrogens (primary N) is 1. The summed E-state index contributed by atoms with van der Waals surface area (Å²) in [5, 5.41) is 9.12. The van der Waals surface area contributed by atoms with Crippen molar-refractivity contribution >= 4 is 26.8 Å². The number of amides is 1. The third-order valence-corrected chi connectivity index (χ3v) is 5.18. The molecule has 0 aliphatic carbocycles. The van der Waals surface area contributed by atoms with Crippen LogP contribution in [0.2, 0.25) is 0 Å². The molecule has 1 amide bonds. The summed E-state index contributed by atoms with van der Waals surface area (Å²) in [6.45, 7) is 1.13. The lowest BCUT2D eigenvalue weighted by molar-refractivity contribution is -0.121. The molecule has 0 aliphatic heterocycles. The van der Waals surface area contributed by atoms with Crippen LogP contribution in [0.4, 0.5) is 0 Å². The zero-order valence-corrected chi connectivity index (χ0v) is 15.1. The fourth-order valence-electron chi connectivity index (χ4n) is 2.84. The van der Waals surface area contributed by atoms with Gasteiger partial charge in [0.1, 0.15) is 0 Å². The Balaban J connectivity index is 1.46. The van der Waals surface area contributed by atoms with Crippen molar-refractivity contribution in [2.45, 2.75) is 24.3 Å². The van der Waals surface area contributed by atoms with Gasteiger partial charge >= 0.3 is 0 Å². The molecule has 26 heavy (non-hydrogen) atoms. The molecule has 0 unspecified atom stereocenters. The number of carbonyl (C=O) groups is 1. The molecular formula is C19H21N3O3S. The van der Waals surface area contributed by atoms with Crippen LogP contribution >= 0.6 is 0 Å². The normalized spacial score (nSPS) is 11.6. The number of nitrogens with one attached hydrogen (secondary N) is 1. The van der Waals surface area contributed by atoms with Crippen molar-refractivity contribution in [3.05, 3.63) is 66.4 Å². The molecule has 1 aromatic heterocycles. The van der Waals surface area contributed by atoms with Crippen LogP contribution in [0.15, 0.2) is 65.7 Å². The molecule has 0 spiro atoms. The van der Waals surface area contributed by atoms with E-state index in [1.807, 2.05) is 36.5 Å². The van der Waals surface area contributed by atoms with E-state index in [1.54, 1.807) is 12.1 Å². The van der Waals surface area contributed by atoms with Crippen LogP contribution in [-0.2, 0) is 27.8 Å². The number of aryl methyl sites for hydroxylation is 1. The number of benzene rings is 2. The van der Waals surface area contributed by atoms with Gasteiger partial charge in [-0.25, -0.2) is 13.6 Å². The van der Waals surface area contributed by atoms with Crippen molar-refractivity contribution in [1.29, 1.82) is 0 Å². The van der Waals surface area contributed by atoms with Gasteiger partial charge < -0.3 is 9.88 Å². The molecule has 0 fully saturated rings. The highest BCUT2D eigenvalue weighted by molar-refractivity contribution is 7.89. The van der Waals surface area contributed by atoms with Gasteiger partial charge in [-0.05, 0) is 41.6 Å². The van der Waals surface area contributed by atoms with E-state index in [4.69, 9.17) is 5.14 Å². The van der Waals surface area contributed by atoms with Crippen molar-refractivity contribution < 1.29 is 13.2 Å². The van der Waals surface area contributed by atoms with E-state index in [1.165, 1.54) is 12.1 Å². The molecule has 3 aromatic rings. The predicted octanol–water partition coefficient (Wildman–Crippen LogP) is 2.04. The van der Waals surface area contributed by atoms with Gasteiger partial charge in [0.25, 0.3) is 0 Å². The maximum Gasteiger partial charge on any atom is 0.238 e. The highest BCUT2D eigenvalue weighted by Gasteiger charge is 2.07. The van der Waals surface area contributed by atoms with Crippen LogP contribution in [0.25, 0.3) is 10.9 Å². The largest absolute Gasteiger partial charge is 0.356 e. The van der Waals surface area contributed by atoms with Gasteiger partial charge in [-0.15, -0.1) is 0 Å². The zero-order valence-electron chi connectivity index (χ0n) is 14.3. The van der Waals surface area contributed by atoms with Crippen LogP contribution in [0.3, 0.4) is 0 Å². The minimum atomic E-state index is -3.67. The van der Waals surface area contributed by atoms with Gasteiger partial charge in [-0.1, -0.05) is 30.3 Å². The maximum atomic E-state index is 12.0. The molecule has 136 valence electrons. The number of sulfonamides is 1. The van der Waals surface area contributed by atoms with Crippen LogP contribution in [-0.4, -0.2) is 25.4 Å². The molecule has 0 saturated carbocycles. The lowest BCUT2D eigenvalue weighted by Crippen LogP contribution is -2.26. The van der Waals surface area contributed by atoms with Crippen LogP contribution < -0.4 is 10.5 Å². The first-order valence-corrected chi connectivity index (χ1v) is 9.90. The maximum absolute atomic E-state index is 12.0. The second kappa shape index (κ2) is 7.72. The Kier molecular flexibility index (Phi) is 5.39. The Morgan fingerprint density at radius 2 is 1.77 bits per heavy atom. The van der Waals surface area contributed by atoms with Crippen LogP contribution in [0.1, 0.15) is 12.0 Å². The SMILES string of the molecule is NS(=O)(=O)c1ccc(CCNC(=O)CCn2ccc3ccccc32)cc1. The minimum absolute atomic E-state index is 0.0102. The molecule has 3 rings (SSSR count). The lowest BCUT2D eigenvalue weighted by atomic mass is 10.1. The smallest absolute Gasteiger partial charge is 0.238 e. The second-order valence-corrected chi connectivity index (χ2v) is 7.67. The first-order valence-electron chi connectivity index (χ1n) is 8.36. The van der Waals surface area contributed by atoms with Crippen molar-refractivity contribution in [2.24, 2.45) is 5.14 Å². The van der Waals surface area contributed by atoms with Crippen molar-refractivity contribution in [1.82, 2.24) is 9.88 Å². The summed E-state index contributed by atoms with van der Waals surface area (Å²) in [6, 6.07) is 16.5. The van der Waals surface area contributed by atoms with E-state index in [0.717, 1.165) is 16.5 Å². The molecule has 2 aromatic carbocycles. The summed E-state index contributed by atoms with van der Waals surface area (Å²) in [5.41, 5.74) is 2.06. The minimum Gasteiger partial charge on any atom is -0.356 e. The van der Waals surface area contributed by atoms with Gasteiger partial charge in [0.05, 0.1) is 4.90 Å². The first kappa shape index (κ1) is 18.2. The Hall–Kier alpha value is -2.64. The molecule has 0 aliphatic rings. The highest BCUT2D eigenvalue weighted by Crippen LogP contribution is 2.15. The number of nitrogens with zero attached hydrogens (tertiary/aromatic N) is 1. The van der Waals surface area contributed by atoms with E-state index in [9.17, 15) is 13.2 Å². The molecule has 1 heterocycles. The molecule has 3 N–H and O–H groups in total. The molecule has 0 radical (unpaired) electrons. The number of hydrogen-bond donors (Lipinski definition) is 2. The number of fused-ring (bicyclic) bond motifs is 1. The molecule has 0 bridgehead atoms. The zero-order chi connectivity index (χ0) is 18.6. The van der Waals surface area contributed by atoms with Crippen molar-refractivity contribution in [3.8, 4) is 0 Å². The predicted molar refractivity (Wildman–Crippen MR) is 101 cm³/mol. The number of rotatable bonds is 7. The lowest BCUT2D eigenvalue weighted by Gasteiger charge is -2.08. The first-order chi connectivity index (χ1) is 12.4. The second-order valence-electron chi connectivity index (χ2n) is 6.11. The number of hydrogen-bond acceptors (Lipinski definition) is 3. The van der Waals surface area contributed by atoms with E-state index < -0.39 is 10.0 Å². The van der Waals surface area contributed by atoms with E-state index in [2.05, 4.69) is 9.88 Å². The van der Waals surface area contributed by atoms with E-state index in [-0.39, 0.29) is 10.8 Å². The molecule has 6 nitrogen and oxygen atoms in total. The van der Waals surface area contributed by atoms with Crippen LogP contribution in [0, 0.1) is 0 Å². The number of carbonyl (C=O) groups excluding carboxylic acids is 1. The highest BCUT2D eigenvalue weighted by atomic mass is 32.2. The van der Waals surface area contributed by atoms with E-state index in [0.29, 0.717) is 25.9 Å². The third-order valence-electron chi connectivity index (χ3n) is 4.25. The van der Waals surface area contributed by atoms with Gasteiger partial charge in [0.15, 0.2) is 0 Å². The summed E-state index contributed by atoms with van der Waals surface area (Å²) in [4.78, 5) is 12.1. The number of para-hydroxylation sites is 1. The summed E-state index contributed by atoms with van der Waals surface area (Å²) < 4.78 is 24.5. The Morgan fingerprint density at radius 1 is 1.04 bits per heavy atom.